The van der Waals surface area contributed by atoms with Crippen molar-refractivity contribution in [3.05, 3.63) is 131 Å². The highest BCUT2D eigenvalue weighted by molar-refractivity contribution is 5.32. The molecular weight excluding hydrogens is 664 g/mol. The van der Waals surface area contributed by atoms with Gasteiger partial charge in [0.25, 0.3) is 0 Å². The molecule has 0 spiro atoms. The molecule has 0 radical (unpaired) electrons. The van der Waals surface area contributed by atoms with E-state index in [4.69, 9.17) is 9.47 Å². The molecule has 7 heteroatoms. The smallest absolute Gasteiger partial charge is 0.187 e. The van der Waals surface area contributed by atoms with Crippen molar-refractivity contribution in [2.45, 2.75) is 150 Å². The summed E-state index contributed by atoms with van der Waals surface area (Å²) in [6.45, 7) is 19.6. The summed E-state index contributed by atoms with van der Waals surface area (Å²) < 4.78 is 11.4. The van der Waals surface area contributed by atoms with E-state index >= 15 is 0 Å². The van der Waals surface area contributed by atoms with Crippen molar-refractivity contribution in [2.24, 2.45) is 0 Å². The van der Waals surface area contributed by atoms with Gasteiger partial charge in [-0.1, -0.05) is 131 Å². The minimum atomic E-state index is -1.45. The number of hydrogen-bond donors (Lipinski definition) is 5. The third kappa shape index (κ3) is 22.6. The fraction of sp³-hybridized carbons (Fsp3) is 0.522. The van der Waals surface area contributed by atoms with Crippen molar-refractivity contribution in [3.8, 4) is 0 Å². The predicted octanol–water partition coefficient (Wildman–Crippen LogP) is 9.15. The van der Waals surface area contributed by atoms with Crippen molar-refractivity contribution in [1.29, 1.82) is 0 Å². The second-order valence-corrected chi connectivity index (χ2v) is 15.6. The highest BCUT2D eigenvalue weighted by Gasteiger charge is 2.45. The van der Waals surface area contributed by atoms with Crippen molar-refractivity contribution >= 4 is 0 Å². The van der Waals surface area contributed by atoms with Crippen LogP contribution in [0, 0.1) is 0 Å². The Morgan fingerprint density at radius 2 is 0.962 bits per heavy atom. The standard InChI is InChI=1S/C46H70O7/c1-34(21-13-23-36(3)25-15-27-38(5)29-17-31-45(7,8)51)19-11-12-20-35(2)22-14-24-37(4)26-16-28-39(6)30-18-32-46(9,10)53-44-43(50)42(49)41(48)40(33-47)52-44/h11-16,19-28,40-44,47-51H,17-18,29-33H2,1-10H3/b12-11+,21-13+,22-14+,25-15+,26-16+,34-19+,35-20+,36-23+,37-24+,38-27+,39-28+/t40-,41-,42+,43-,44+/m1/s1. The maximum absolute atomic E-state index is 10.3. The zero-order valence-corrected chi connectivity index (χ0v) is 34.1. The van der Waals surface area contributed by atoms with E-state index < -0.39 is 48.5 Å². The van der Waals surface area contributed by atoms with Crippen LogP contribution in [0.4, 0.5) is 0 Å². The summed E-state index contributed by atoms with van der Waals surface area (Å²) >= 11 is 0. The SMILES string of the molecule is CC(/C=C/C=C(C)/C=C/C=C(\C)CCCC(C)(C)O)=C\C=C\C=C(C)\C=C\C=C(C)\C=C\C=C(/C)CCCC(C)(C)O[C@@H]1O[C@H](CO)[C@@H](O)[C@H](O)[C@H]1O. The van der Waals surface area contributed by atoms with Gasteiger partial charge in [0.05, 0.1) is 17.8 Å². The maximum Gasteiger partial charge on any atom is 0.187 e. The summed E-state index contributed by atoms with van der Waals surface area (Å²) in [7, 11) is 0. The van der Waals surface area contributed by atoms with Crippen molar-refractivity contribution in [3.63, 3.8) is 0 Å². The predicted molar refractivity (Wildman–Crippen MR) is 221 cm³/mol. The zero-order chi connectivity index (χ0) is 40.0. The van der Waals surface area contributed by atoms with Gasteiger partial charge in [-0.25, -0.2) is 0 Å². The Bertz CT molecular complexity index is 1430. The van der Waals surface area contributed by atoms with Crippen molar-refractivity contribution in [2.75, 3.05) is 6.61 Å². The molecule has 296 valence electrons. The molecule has 0 aromatic heterocycles. The van der Waals surface area contributed by atoms with E-state index in [1.54, 1.807) is 0 Å². The van der Waals surface area contributed by atoms with Crippen LogP contribution in [0.15, 0.2) is 131 Å². The summed E-state index contributed by atoms with van der Waals surface area (Å²) in [5.74, 6) is 0. The first-order valence-electron chi connectivity index (χ1n) is 18.9. The lowest BCUT2D eigenvalue weighted by Crippen LogP contribution is -2.60. The van der Waals surface area contributed by atoms with Crippen LogP contribution in [-0.4, -0.2) is 74.0 Å². The van der Waals surface area contributed by atoms with Crippen LogP contribution in [0.3, 0.4) is 0 Å². The van der Waals surface area contributed by atoms with Gasteiger partial charge >= 0.3 is 0 Å². The van der Waals surface area contributed by atoms with Crippen LogP contribution >= 0.6 is 0 Å². The summed E-state index contributed by atoms with van der Waals surface area (Å²) in [5.41, 5.74) is 5.94. The molecule has 5 atom stereocenters. The van der Waals surface area contributed by atoms with E-state index in [1.165, 1.54) is 16.7 Å². The fourth-order valence-electron chi connectivity index (χ4n) is 5.37. The van der Waals surface area contributed by atoms with Crippen molar-refractivity contribution in [1.82, 2.24) is 0 Å². The summed E-state index contributed by atoms with van der Waals surface area (Å²) in [5, 5.41) is 49.6. The fourth-order valence-corrected chi connectivity index (χ4v) is 5.37. The molecule has 1 heterocycles. The third-order valence-electron chi connectivity index (χ3n) is 8.74. The number of rotatable bonds is 21. The Morgan fingerprint density at radius 1 is 0.566 bits per heavy atom. The van der Waals surface area contributed by atoms with E-state index in [0.717, 1.165) is 48.8 Å². The van der Waals surface area contributed by atoms with Gasteiger partial charge in [0, 0.05) is 0 Å². The van der Waals surface area contributed by atoms with Gasteiger partial charge < -0.3 is 35.0 Å². The maximum atomic E-state index is 10.3. The Hall–Kier alpha value is -3.14. The van der Waals surface area contributed by atoms with Crippen molar-refractivity contribution < 1.29 is 35.0 Å². The van der Waals surface area contributed by atoms with Gasteiger partial charge in [-0.2, -0.15) is 0 Å². The third-order valence-corrected chi connectivity index (χ3v) is 8.74. The first-order chi connectivity index (χ1) is 24.8. The minimum absolute atomic E-state index is 0.482. The first-order valence-corrected chi connectivity index (χ1v) is 18.9. The minimum Gasteiger partial charge on any atom is -0.394 e. The Kier molecular flexibility index (Phi) is 22.6. The van der Waals surface area contributed by atoms with E-state index in [0.29, 0.717) is 6.42 Å². The molecule has 5 N–H and O–H groups in total. The average Bonchev–Trinajstić information content (AvgIpc) is 3.06. The molecule has 1 saturated heterocycles. The van der Waals surface area contributed by atoms with E-state index in [-0.39, 0.29) is 0 Å². The van der Waals surface area contributed by atoms with E-state index in [1.807, 2.05) is 39.8 Å². The Balaban J connectivity index is 2.50. The molecular formula is C46H70O7. The Morgan fingerprint density at radius 3 is 1.38 bits per heavy atom. The lowest BCUT2D eigenvalue weighted by Gasteiger charge is -2.42. The molecule has 7 nitrogen and oxygen atoms in total. The molecule has 0 bridgehead atoms. The second-order valence-electron chi connectivity index (χ2n) is 15.6. The molecule has 0 amide bonds. The molecule has 0 unspecified atom stereocenters. The van der Waals surface area contributed by atoms with E-state index in [2.05, 4.69) is 127 Å². The number of aliphatic hydroxyl groups excluding tert-OH is 4. The Labute approximate surface area is 321 Å². The number of ether oxygens (including phenoxy) is 2. The molecule has 0 aromatic carbocycles. The molecule has 0 aliphatic carbocycles. The summed E-state index contributed by atoms with van der Waals surface area (Å²) in [6, 6.07) is 0. The number of hydrogen-bond acceptors (Lipinski definition) is 7. The van der Waals surface area contributed by atoms with Crippen LogP contribution in [0.5, 0.6) is 0 Å². The molecule has 1 rings (SSSR count). The van der Waals surface area contributed by atoms with Crippen LogP contribution in [-0.2, 0) is 9.47 Å². The molecule has 0 saturated carbocycles. The van der Waals surface area contributed by atoms with Gasteiger partial charge in [0.1, 0.15) is 24.4 Å². The number of allylic oxidation sites excluding steroid dienone is 22. The zero-order valence-electron chi connectivity index (χ0n) is 34.1. The molecule has 1 aliphatic rings. The highest BCUT2D eigenvalue weighted by atomic mass is 16.7. The lowest BCUT2D eigenvalue weighted by molar-refractivity contribution is -0.323. The summed E-state index contributed by atoms with van der Waals surface area (Å²) in [4.78, 5) is 0. The van der Waals surface area contributed by atoms with Crippen LogP contribution in [0.25, 0.3) is 0 Å². The van der Waals surface area contributed by atoms with Gasteiger partial charge in [-0.15, -0.1) is 0 Å². The molecule has 0 aromatic rings. The van der Waals surface area contributed by atoms with Crippen LogP contribution < -0.4 is 0 Å². The average molecular weight is 735 g/mol. The van der Waals surface area contributed by atoms with Crippen LogP contribution in [0.1, 0.15) is 108 Å². The van der Waals surface area contributed by atoms with Crippen LogP contribution in [0.2, 0.25) is 0 Å². The quantitative estimate of drug-likeness (QED) is 0.0747. The normalized spacial score (nSPS) is 24.0. The highest BCUT2D eigenvalue weighted by Crippen LogP contribution is 2.28. The van der Waals surface area contributed by atoms with Gasteiger partial charge in [-0.3, -0.25) is 0 Å². The topological polar surface area (TPSA) is 120 Å². The molecule has 1 aliphatic heterocycles. The summed E-state index contributed by atoms with van der Waals surface area (Å²) in [6.07, 6.45) is 32.2. The largest absolute Gasteiger partial charge is 0.394 e. The lowest BCUT2D eigenvalue weighted by atomic mass is 9.96. The first kappa shape index (κ1) is 47.9. The van der Waals surface area contributed by atoms with Gasteiger partial charge in [-0.05, 0) is 108 Å². The monoisotopic (exact) mass is 735 g/mol. The van der Waals surface area contributed by atoms with Gasteiger partial charge in [0.2, 0.25) is 0 Å². The molecule has 1 fully saturated rings. The van der Waals surface area contributed by atoms with E-state index in [9.17, 15) is 25.5 Å². The second kappa shape index (κ2) is 25.0. The molecule has 53 heavy (non-hydrogen) atoms. The number of aliphatic hydroxyl groups is 5. The van der Waals surface area contributed by atoms with Gasteiger partial charge in [0.15, 0.2) is 6.29 Å².